The highest BCUT2D eigenvalue weighted by Gasteiger charge is 2.17. The summed E-state index contributed by atoms with van der Waals surface area (Å²) in [5.41, 5.74) is 0.116. The zero-order valence-corrected chi connectivity index (χ0v) is 9.96. The number of nitrogens with zero attached hydrogens (tertiary/aromatic N) is 1. The van der Waals surface area contributed by atoms with Gasteiger partial charge in [0.05, 0.1) is 12.6 Å². The summed E-state index contributed by atoms with van der Waals surface area (Å²) in [5.74, 6) is -1.22. The first-order valence-electron chi connectivity index (χ1n) is 5.92. The number of hydrogen-bond donors (Lipinski definition) is 2. The zero-order valence-electron chi connectivity index (χ0n) is 9.96. The number of aromatic carboxylic acids is 1. The van der Waals surface area contributed by atoms with Crippen LogP contribution in [0.25, 0.3) is 0 Å². The molecule has 0 spiro atoms. The van der Waals surface area contributed by atoms with Gasteiger partial charge in [-0.1, -0.05) is 0 Å². The summed E-state index contributed by atoms with van der Waals surface area (Å²) < 4.78 is 6.68. The minimum atomic E-state index is -1.03. The van der Waals surface area contributed by atoms with Gasteiger partial charge in [-0.3, -0.25) is 4.79 Å². The molecule has 0 radical (unpaired) electrons. The largest absolute Gasteiger partial charge is 0.477 e. The molecule has 1 aromatic rings. The molecule has 2 rings (SSSR count). The molecule has 0 bridgehead atoms. The van der Waals surface area contributed by atoms with E-state index < -0.39 is 5.97 Å². The number of rotatable bonds is 4. The normalized spacial score (nSPS) is 19.4. The molecule has 1 atom stereocenters. The van der Waals surface area contributed by atoms with E-state index in [0.29, 0.717) is 6.61 Å². The topological polar surface area (TPSA) is 80.6 Å². The van der Waals surface area contributed by atoms with Crippen LogP contribution >= 0.6 is 0 Å². The van der Waals surface area contributed by atoms with Crippen LogP contribution in [0.5, 0.6) is 0 Å². The van der Waals surface area contributed by atoms with Crippen LogP contribution in [0.15, 0.2) is 18.3 Å². The Hall–Kier alpha value is -1.82. The number of hydrogen-bond acceptors (Lipinski definition) is 3. The Labute approximate surface area is 105 Å². The smallest absolute Gasteiger partial charge is 0.352 e. The van der Waals surface area contributed by atoms with Crippen LogP contribution in [0, 0.1) is 0 Å². The molecule has 6 nitrogen and oxygen atoms in total. The number of ether oxygens (including phenoxy) is 1. The van der Waals surface area contributed by atoms with E-state index in [4.69, 9.17) is 9.84 Å². The van der Waals surface area contributed by atoms with Gasteiger partial charge in [-0.2, -0.15) is 0 Å². The maximum atomic E-state index is 11.8. The lowest BCUT2D eigenvalue weighted by atomic mass is 10.1. The summed E-state index contributed by atoms with van der Waals surface area (Å²) in [5, 5.41) is 11.8. The Kier molecular flexibility index (Phi) is 3.99. The quantitative estimate of drug-likeness (QED) is 0.816. The second-order valence-electron chi connectivity index (χ2n) is 4.31. The fourth-order valence-electron chi connectivity index (χ4n) is 2.03. The highest BCUT2D eigenvalue weighted by atomic mass is 16.5. The Morgan fingerprint density at radius 3 is 3.06 bits per heavy atom. The summed E-state index contributed by atoms with van der Waals surface area (Å²) in [6, 6.07) is 3.12. The van der Waals surface area contributed by atoms with E-state index in [1.54, 1.807) is 12.3 Å². The molecule has 0 saturated carbocycles. The number of carbonyl (C=O) groups is 2. The summed E-state index contributed by atoms with van der Waals surface area (Å²) in [4.78, 5) is 22.7. The molecular weight excluding hydrogens is 236 g/mol. The van der Waals surface area contributed by atoms with Crippen molar-refractivity contribution in [3.63, 3.8) is 0 Å². The highest BCUT2D eigenvalue weighted by molar-refractivity contribution is 5.86. The van der Waals surface area contributed by atoms with Crippen LogP contribution < -0.4 is 5.32 Å². The molecule has 0 aromatic carbocycles. The molecule has 18 heavy (non-hydrogen) atoms. The minimum absolute atomic E-state index is 0.0190. The van der Waals surface area contributed by atoms with E-state index in [9.17, 15) is 9.59 Å². The Morgan fingerprint density at radius 2 is 2.39 bits per heavy atom. The third-order valence-electron chi connectivity index (χ3n) is 2.89. The third kappa shape index (κ3) is 3.10. The zero-order chi connectivity index (χ0) is 13.0. The van der Waals surface area contributed by atoms with E-state index in [0.717, 1.165) is 19.4 Å². The highest BCUT2D eigenvalue weighted by Crippen LogP contribution is 2.06. The standard InChI is InChI=1S/C12H16N2O4/c15-11(13-9-3-2-6-18-8-9)7-14-5-1-4-10(14)12(16)17/h1,4-5,9H,2-3,6-8H2,(H,13,15)(H,16,17). The maximum Gasteiger partial charge on any atom is 0.352 e. The maximum absolute atomic E-state index is 11.8. The van der Waals surface area contributed by atoms with Crippen LogP contribution in [-0.4, -0.2) is 40.8 Å². The first kappa shape index (κ1) is 12.6. The fraction of sp³-hybridized carbons (Fsp3) is 0.500. The summed E-state index contributed by atoms with van der Waals surface area (Å²) >= 11 is 0. The van der Waals surface area contributed by atoms with Crippen LogP contribution in [0.2, 0.25) is 0 Å². The van der Waals surface area contributed by atoms with Gasteiger partial charge >= 0.3 is 5.97 Å². The van der Waals surface area contributed by atoms with E-state index in [2.05, 4.69) is 5.32 Å². The van der Waals surface area contributed by atoms with Gasteiger partial charge in [-0.15, -0.1) is 0 Å². The summed E-state index contributed by atoms with van der Waals surface area (Å²) in [7, 11) is 0. The van der Waals surface area contributed by atoms with Crippen molar-refractivity contribution >= 4 is 11.9 Å². The van der Waals surface area contributed by atoms with Crippen LogP contribution in [0.1, 0.15) is 23.3 Å². The monoisotopic (exact) mass is 252 g/mol. The third-order valence-corrected chi connectivity index (χ3v) is 2.89. The molecule has 1 aliphatic rings. The molecule has 0 aliphatic carbocycles. The Morgan fingerprint density at radius 1 is 1.56 bits per heavy atom. The van der Waals surface area contributed by atoms with Gasteiger partial charge in [0.15, 0.2) is 0 Å². The molecule has 1 unspecified atom stereocenters. The van der Waals surface area contributed by atoms with Crippen molar-refractivity contribution in [2.75, 3.05) is 13.2 Å². The molecular formula is C12H16N2O4. The van der Waals surface area contributed by atoms with Gasteiger partial charge in [-0.25, -0.2) is 4.79 Å². The van der Waals surface area contributed by atoms with Crippen molar-refractivity contribution in [2.45, 2.75) is 25.4 Å². The molecule has 1 amide bonds. The molecule has 2 heterocycles. The first-order chi connectivity index (χ1) is 8.66. The van der Waals surface area contributed by atoms with E-state index in [1.807, 2.05) is 0 Å². The van der Waals surface area contributed by atoms with Gasteiger partial charge in [0.2, 0.25) is 5.91 Å². The van der Waals surface area contributed by atoms with Gasteiger partial charge in [0.1, 0.15) is 12.2 Å². The lowest BCUT2D eigenvalue weighted by molar-refractivity contribution is -0.123. The molecule has 1 fully saturated rings. The first-order valence-corrected chi connectivity index (χ1v) is 5.92. The molecule has 1 aliphatic heterocycles. The number of carboxylic acid groups (broad SMARTS) is 1. The number of amides is 1. The van der Waals surface area contributed by atoms with E-state index >= 15 is 0 Å². The van der Waals surface area contributed by atoms with Gasteiger partial charge in [0.25, 0.3) is 0 Å². The van der Waals surface area contributed by atoms with Gasteiger partial charge in [-0.05, 0) is 25.0 Å². The van der Waals surface area contributed by atoms with Gasteiger partial charge in [0, 0.05) is 12.8 Å². The van der Waals surface area contributed by atoms with Gasteiger partial charge < -0.3 is 19.7 Å². The second kappa shape index (κ2) is 5.68. The molecule has 1 saturated heterocycles. The number of carboxylic acids is 1. The molecule has 2 N–H and O–H groups in total. The second-order valence-corrected chi connectivity index (χ2v) is 4.31. The lowest BCUT2D eigenvalue weighted by Crippen LogP contribution is -2.42. The molecule has 6 heteroatoms. The summed E-state index contributed by atoms with van der Waals surface area (Å²) in [6.07, 6.45) is 3.43. The number of carbonyl (C=O) groups excluding carboxylic acids is 1. The lowest BCUT2D eigenvalue weighted by Gasteiger charge is -2.23. The fourth-order valence-corrected chi connectivity index (χ4v) is 2.03. The predicted molar refractivity (Wildman–Crippen MR) is 63.4 cm³/mol. The number of aromatic nitrogens is 1. The van der Waals surface area contributed by atoms with Crippen molar-refractivity contribution in [1.82, 2.24) is 9.88 Å². The summed E-state index contributed by atoms with van der Waals surface area (Å²) in [6.45, 7) is 1.29. The number of nitrogens with one attached hydrogen (secondary N) is 1. The average molecular weight is 252 g/mol. The SMILES string of the molecule is O=C(Cn1cccc1C(=O)O)NC1CCCOC1. The van der Waals surface area contributed by atoms with Crippen LogP contribution in [0.3, 0.4) is 0 Å². The van der Waals surface area contributed by atoms with Crippen molar-refractivity contribution in [1.29, 1.82) is 0 Å². The minimum Gasteiger partial charge on any atom is -0.477 e. The van der Waals surface area contributed by atoms with E-state index in [1.165, 1.54) is 10.6 Å². The van der Waals surface area contributed by atoms with Crippen molar-refractivity contribution < 1.29 is 19.4 Å². The van der Waals surface area contributed by atoms with Crippen LogP contribution in [0.4, 0.5) is 0 Å². The van der Waals surface area contributed by atoms with E-state index in [-0.39, 0.29) is 24.2 Å². The Bertz CT molecular complexity index is 435. The average Bonchev–Trinajstić information content (AvgIpc) is 2.78. The molecule has 98 valence electrons. The Balaban J connectivity index is 1.90. The van der Waals surface area contributed by atoms with Crippen molar-refractivity contribution in [2.24, 2.45) is 0 Å². The molecule has 1 aromatic heterocycles. The van der Waals surface area contributed by atoms with Crippen molar-refractivity contribution in [3.8, 4) is 0 Å². The predicted octanol–water partition coefficient (Wildman–Crippen LogP) is 0.482. The van der Waals surface area contributed by atoms with Crippen LogP contribution in [-0.2, 0) is 16.1 Å². The van der Waals surface area contributed by atoms with Crippen molar-refractivity contribution in [3.05, 3.63) is 24.0 Å².